The molecular weight excluding hydrogens is 534 g/mol. The lowest BCUT2D eigenvalue weighted by atomic mass is 9.90. The van der Waals surface area contributed by atoms with Crippen molar-refractivity contribution in [2.24, 2.45) is 0 Å². The third-order valence-corrected chi connectivity index (χ3v) is 7.73. The van der Waals surface area contributed by atoms with E-state index in [1.54, 1.807) is 12.1 Å². The third kappa shape index (κ3) is 5.25. The average molecular weight is 563 g/mol. The Bertz CT molecular complexity index is 1540. The molecule has 0 saturated carbocycles. The second kappa shape index (κ2) is 10.6. The Kier molecular flexibility index (Phi) is 6.92. The molecule has 1 spiro atoms. The zero-order valence-corrected chi connectivity index (χ0v) is 22.0. The third-order valence-electron chi connectivity index (χ3n) is 7.73. The zero-order valence-electron chi connectivity index (χ0n) is 22.0. The average Bonchev–Trinajstić information content (AvgIpc) is 2.93. The first-order valence-electron chi connectivity index (χ1n) is 13.3. The summed E-state index contributed by atoms with van der Waals surface area (Å²) in [5.41, 5.74) is 1.51. The van der Waals surface area contributed by atoms with E-state index >= 15 is 0 Å². The minimum absolute atomic E-state index is 0.0680. The Balaban J connectivity index is 1.03. The maximum Gasteiger partial charge on any atom is 0.272 e. The van der Waals surface area contributed by atoms with Gasteiger partial charge in [0.1, 0.15) is 17.4 Å². The molecule has 6 rings (SSSR count). The Labute approximate surface area is 234 Å². The number of benzene rings is 3. The zero-order chi connectivity index (χ0) is 28.7. The van der Waals surface area contributed by atoms with Crippen LogP contribution in [-0.2, 0) is 17.8 Å². The van der Waals surface area contributed by atoms with Gasteiger partial charge in [0.2, 0.25) is 5.60 Å². The SMILES string of the molecule is O=C(NC[C@H](O)CN1CCc2ccccc2C1)c1ccc2c(c1)NC(=O)C1(CN(C(=O)c3ccc(F)cc3F)C1)O2. The second-order valence-corrected chi connectivity index (χ2v) is 10.7. The van der Waals surface area contributed by atoms with Crippen LogP contribution in [0.5, 0.6) is 5.75 Å². The van der Waals surface area contributed by atoms with Gasteiger partial charge in [-0.2, -0.15) is 0 Å². The fourth-order valence-electron chi connectivity index (χ4n) is 5.49. The highest BCUT2D eigenvalue weighted by Crippen LogP contribution is 2.39. The van der Waals surface area contributed by atoms with Crippen LogP contribution in [0.15, 0.2) is 60.7 Å². The van der Waals surface area contributed by atoms with Gasteiger partial charge in [0.05, 0.1) is 30.4 Å². The Morgan fingerprint density at radius 3 is 2.63 bits per heavy atom. The Hall–Kier alpha value is -4.35. The van der Waals surface area contributed by atoms with E-state index in [1.165, 1.54) is 22.1 Å². The van der Waals surface area contributed by atoms with Crippen molar-refractivity contribution in [3.8, 4) is 5.75 Å². The Morgan fingerprint density at radius 1 is 1.07 bits per heavy atom. The number of carbonyl (C=O) groups excluding carboxylic acids is 3. The molecule has 3 amide bonds. The van der Waals surface area contributed by atoms with Crippen LogP contribution in [0, 0.1) is 11.6 Å². The lowest BCUT2D eigenvalue weighted by Gasteiger charge is -2.49. The van der Waals surface area contributed by atoms with Gasteiger partial charge in [-0.05, 0) is 47.9 Å². The van der Waals surface area contributed by atoms with E-state index in [2.05, 4.69) is 27.7 Å². The van der Waals surface area contributed by atoms with Crippen LogP contribution in [0.25, 0.3) is 0 Å². The molecule has 3 heterocycles. The molecule has 0 bridgehead atoms. The number of hydrogen-bond acceptors (Lipinski definition) is 6. The van der Waals surface area contributed by atoms with Crippen LogP contribution < -0.4 is 15.4 Å². The molecule has 0 aliphatic carbocycles. The Morgan fingerprint density at radius 2 is 1.85 bits per heavy atom. The molecule has 3 N–H and O–H groups in total. The number of ether oxygens (including phenoxy) is 1. The molecule has 3 aliphatic heterocycles. The summed E-state index contributed by atoms with van der Waals surface area (Å²) in [6, 6.07) is 15.5. The van der Waals surface area contributed by atoms with Gasteiger partial charge in [0, 0.05) is 37.8 Å². The van der Waals surface area contributed by atoms with E-state index in [-0.39, 0.29) is 30.8 Å². The van der Waals surface area contributed by atoms with Gasteiger partial charge in [-0.1, -0.05) is 24.3 Å². The monoisotopic (exact) mass is 562 g/mol. The summed E-state index contributed by atoms with van der Waals surface area (Å²) in [4.78, 5) is 41.7. The standard InChI is InChI=1S/C30H28F2N4O5/c31-21-6-7-23(24(32)12-21)28(39)36-16-30(17-36)29(40)34-25-11-19(5-8-26(25)41-30)27(38)33-13-22(37)15-35-10-9-18-3-1-2-4-20(18)14-35/h1-8,11-12,22,37H,9-10,13-17H2,(H,33,38)(H,34,40)/t22-/m0/s1. The number of rotatable bonds is 6. The molecule has 3 aromatic carbocycles. The smallest absolute Gasteiger partial charge is 0.272 e. The van der Waals surface area contributed by atoms with Gasteiger partial charge in [-0.15, -0.1) is 0 Å². The first kappa shape index (κ1) is 26.9. The van der Waals surface area contributed by atoms with Gasteiger partial charge in [0.15, 0.2) is 0 Å². The van der Waals surface area contributed by atoms with E-state index in [0.717, 1.165) is 31.6 Å². The van der Waals surface area contributed by atoms with E-state index in [0.29, 0.717) is 24.0 Å². The summed E-state index contributed by atoms with van der Waals surface area (Å²) in [6.07, 6.45) is 0.165. The number of anilines is 1. The maximum absolute atomic E-state index is 14.0. The van der Waals surface area contributed by atoms with Gasteiger partial charge in [-0.25, -0.2) is 8.78 Å². The molecule has 41 heavy (non-hydrogen) atoms. The predicted molar refractivity (Wildman–Crippen MR) is 144 cm³/mol. The van der Waals surface area contributed by atoms with Crippen molar-refractivity contribution in [3.63, 3.8) is 0 Å². The van der Waals surface area contributed by atoms with Crippen LogP contribution in [0.2, 0.25) is 0 Å². The van der Waals surface area contributed by atoms with Crippen LogP contribution in [0.4, 0.5) is 14.5 Å². The minimum atomic E-state index is -1.35. The fraction of sp³-hybridized carbons (Fsp3) is 0.300. The summed E-state index contributed by atoms with van der Waals surface area (Å²) >= 11 is 0. The molecule has 3 aromatic rings. The van der Waals surface area contributed by atoms with Gasteiger partial charge >= 0.3 is 0 Å². The van der Waals surface area contributed by atoms with Gasteiger partial charge < -0.3 is 25.4 Å². The second-order valence-electron chi connectivity index (χ2n) is 10.7. The number of nitrogens with one attached hydrogen (secondary N) is 2. The molecule has 3 aliphatic rings. The molecule has 1 fully saturated rings. The number of nitrogens with zero attached hydrogens (tertiary/aromatic N) is 2. The highest BCUT2D eigenvalue weighted by molar-refractivity contribution is 6.05. The van der Waals surface area contributed by atoms with Crippen molar-refractivity contribution in [2.75, 3.05) is 38.0 Å². The molecule has 0 radical (unpaired) electrons. The van der Waals surface area contributed by atoms with E-state index in [1.807, 2.05) is 12.1 Å². The first-order valence-corrected chi connectivity index (χ1v) is 13.3. The van der Waals surface area contributed by atoms with Crippen LogP contribution in [-0.4, -0.2) is 77.1 Å². The number of fused-ring (bicyclic) bond motifs is 2. The van der Waals surface area contributed by atoms with Crippen molar-refractivity contribution in [1.82, 2.24) is 15.1 Å². The quantitative estimate of drug-likeness (QED) is 0.426. The van der Waals surface area contributed by atoms with Crippen LogP contribution in [0.3, 0.4) is 0 Å². The molecule has 1 saturated heterocycles. The largest absolute Gasteiger partial charge is 0.471 e. The van der Waals surface area contributed by atoms with Crippen molar-refractivity contribution >= 4 is 23.4 Å². The van der Waals surface area contributed by atoms with Crippen molar-refractivity contribution in [3.05, 3.63) is 94.6 Å². The van der Waals surface area contributed by atoms with Crippen molar-refractivity contribution in [2.45, 2.75) is 24.7 Å². The number of amides is 3. The number of aliphatic hydroxyl groups excluding tert-OH is 1. The number of aliphatic hydroxyl groups is 1. The normalized spacial score (nSPS) is 17.9. The molecule has 0 unspecified atom stereocenters. The number of likely N-dealkylation sites (tertiary alicyclic amines) is 1. The van der Waals surface area contributed by atoms with E-state index in [4.69, 9.17) is 4.74 Å². The summed E-state index contributed by atoms with van der Waals surface area (Å²) in [5.74, 6) is -3.03. The summed E-state index contributed by atoms with van der Waals surface area (Å²) in [7, 11) is 0. The highest BCUT2D eigenvalue weighted by Gasteiger charge is 2.56. The fourth-order valence-corrected chi connectivity index (χ4v) is 5.49. The molecule has 212 valence electrons. The number of hydrogen-bond donors (Lipinski definition) is 3. The van der Waals surface area contributed by atoms with Crippen LogP contribution in [0.1, 0.15) is 31.8 Å². The maximum atomic E-state index is 14.0. The van der Waals surface area contributed by atoms with Crippen molar-refractivity contribution < 1.29 is 33.0 Å². The van der Waals surface area contributed by atoms with Gasteiger partial charge in [-0.3, -0.25) is 19.3 Å². The number of β-amino-alcohol motifs (C(OH)–C–C–N with tert-alkyl or cyclic N) is 1. The summed E-state index contributed by atoms with van der Waals surface area (Å²) < 4.78 is 33.2. The molecule has 9 nitrogen and oxygen atoms in total. The van der Waals surface area contributed by atoms with E-state index < -0.39 is 41.1 Å². The first-order chi connectivity index (χ1) is 19.7. The topological polar surface area (TPSA) is 111 Å². The number of carbonyl (C=O) groups is 3. The summed E-state index contributed by atoms with van der Waals surface area (Å²) in [5, 5.41) is 16.0. The lowest BCUT2D eigenvalue weighted by Crippen LogP contribution is -2.72. The summed E-state index contributed by atoms with van der Waals surface area (Å²) in [6.45, 7) is 1.86. The van der Waals surface area contributed by atoms with Crippen LogP contribution >= 0.6 is 0 Å². The van der Waals surface area contributed by atoms with Crippen molar-refractivity contribution in [1.29, 1.82) is 0 Å². The molecular formula is C30H28F2N4O5. The predicted octanol–water partition coefficient (Wildman–Crippen LogP) is 2.34. The number of halogens is 2. The highest BCUT2D eigenvalue weighted by atomic mass is 19.1. The lowest BCUT2D eigenvalue weighted by molar-refractivity contribution is -0.145. The minimum Gasteiger partial charge on any atom is -0.471 e. The molecule has 0 aromatic heterocycles. The van der Waals surface area contributed by atoms with Gasteiger partial charge in [0.25, 0.3) is 17.7 Å². The molecule has 1 atom stereocenters. The van der Waals surface area contributed by atoms with E-state index in [9.17, 15) is 28.3 Å². The molecule has 11 heteroatoms.